The van der Waals surface area contributed by atoms with E-state index in [1.165, 1.54) is 0 Å². The molecule has 2 aromatic carbocycles. The number of anilines is 1. The van der Waals surface area contributed by atoms with E-state index in [1.54, 1.807) is 13.2 Å². The lowest BCUT2D eigenvalue weighted by molar-refractivity contribution is 0.0977. The van der Waals surface area contributed by atoms with Crippen LogP contribution < -0.4 is 15.4 Å². The van der Waals surface area contributed by atoms with Crippen LogP contribution in [0.1, 0.15) is 21.5 Å². The Kier molecular flexibility index (Phi) is 5.12. The molecule has 0 fully saturated rings. The summed E-state index contributed by atoms with van der Waals surface area (Å²) in [5.41, 5.74) is 3.49. The van der Waals surface area contributed by atoms with Crippen LogP contribution in [0.3, 0.4) is 0 Å². The molecule has 0 atom stereocenters. The number of carbonyl (C=O) groups excluding carboxylic acids is 1. The van der Waals surface area contributed by atoms with E-state index >= 15 is 0 Å². The van der Waals surface area contributed by atoms with Gasteiger partial charge in [-0.2, -0.15) is 0 Å². The molecule has 0 spiro atoms. The van der Waals surface area contributed by atoms with Gasteiger partial charge >= 0.3 is 0 Å². The van der Waals surface area contributed by atoms with E-state index in [2.05, 4.69) is 10.6 Å². The number of methoxy groups -OCH3 is 1. The van der Waals surface area contributed by atoms with E-state index < -0.39 is 0 Å². The lowest BCUT2D eigenvalue weighted by atomic mass is 10.1. The summed E-state index contributed by atoms with van der Waals surface area (Å²) in [5, 5.41) is 5.86. The van der Waals surface area contributed by atoms with Crippen LogP contribution in [0.15, 0.2) is 42.5 Å². The van der Waals surface area contributed by atoms with Crippen LogP contribution in [0, 0.1) is 13.8 Å². The van der Waals surface area contributed by atoms with Gasteiger partial charge in [-0.3, -0.25) is 10.1 Å². The molecule has 22 heavy (non-hydrogen) atoms. The lowest BCUT2D eigenvalue weighted by Gasteiger charge is -2.13. The highest BCUT2D eigenvalue weighted by atomic mass is 32.1. The summed E-state index contributed by atoms with van der Waals surface area (Å²) in [5.74, 6) is 0.417. The molecule has 2 N–H and O–H groups in total. The third-order valence-electron chi connectivity index (χ3n) is 3.35. The summed E-state index contributed by atoms with van der Waals surface area (Å²) in [4.78, 5) is 12.2. The van der Waals surface area contributed by atoms with E-state index in [0.717, 1.165) is 11.1 Å². The predicted octanol–water partition coefficient (Wildman–Crippen LogP) is 3.44. The molecule has 1 amide bonds. The lowest BCUT2D eigenvalue weighted by Crippen LogP contribution is -2.34. The van der Waals surface area contributed by atoms with Crippen LogP contribution in [0.2, 0.25) is 0 Å². The molecule has 5 heteroatoms. The maximum absolute atomic E-state index is 12.2. The Bertz CT molecular complexity index is 714. The fourth-order valence-electron chi connectivity index (χ4n) is 1.96. The van der Waals surface area contributed by atoms with E-state index in [1.807, 2.05) is 50.2 Å². The van der Waals surface area contributed by atoms with Crippen LogP contribution >= 0.6 is 12.2 Å². The average Bonchev–Trinajstić information content (AvgIpc) is 2.50. The monoisotopic (exact) mass is 314 g/mol. The van der Waals surface area contributed by atoms with Crippen LogP contribution in [-0.4, -0.2) is 18.1 Å². The highest BCUT2D eigenvalue weighted by molar-refractivity contribution is 7.80. The molecule has 0 aromatic heterocycles. The van der Waals surface area contributed by atoms with Crippen LogP contribution in [0.25, 0.3) is 0 Å². The third kappa shape index (κ3) is 3.83. The van der Waals surface area contributed by atoms with Crippen molar-refractivity contribution in [1.82, 2.24) is 5.32 Å². The molecule has 2 rings (SSSR count). The van der Waals surface area contributed by atoms with Crippen molar-refractivity contribution in [2.45, 2.75) is 13.8 Å². The minimum absolute atomic E-state index is 0.229. The van der Waals surface area contributed by atoms with Crippen molar-refractivity contribution >= 4 is 28.9 Å². The molecule has 4 nitrogen and oxygen atoms in total. The average molecular weight is 314 g/mol. The molecule has 0 radical (unpaired) electrons. The van der Waals surface area contributed by atoms with E-state index in [4.69, 9.17) is 17.0 Å². The topological polar surface area (TPSA) is 50.4 Å². The molecular formula is C17H18N2O2S. The van der Waals surface area contributed by atoms with Gasteiger partial charge in [-0.25, -0.2) is 0 Å². The van der Waals surface area contributed by atoms with Crippen molar-refractivity contribution in [3.05, 3.63) is 59.2 Å². The van der Waals surface area contributed by atoms with Gasteiger partial charge in [0.25, 0.3) is 5.91 Å². The second-order valence-corrected chi connectivity index (χ2v) is 5.32. The molecule has 0 saturated heterocycles. The van der Waals surface area contributed by atoms with Gasteiger partial charge in [-0.15, -0.1) is 0 Å². The molecule has 0 saturated carbocycles. The number of rotatable bonds is 3. The molecule has 2 aromatic rings. The van der Waals surface area contributed by atoms with Crippen molar-refractivity contribution in [2.75, 3.05) is 12.4 Å². The molecule has 0 aliphatic carbocycles. The van der Waals surface area contributed by atoms with E-state index in [9.17, 15) is 4.79 Å². The second-order valence-electron chi connectivity index (χ2n) is 4.91. The summed E-state index contributed by atoms with van der Waals surface area (Å²) in [6.07, 6.45) is 0. The number of amides is 1. The summed E-state index contributed by atoms with van der Waals surface area (Å²) in [7, 11) is 1.58. The molecular weight excluding hydrogens is 296 g/mol. The number of hydrogen-bond acceptors (Lipinski definition) is 3. The summed E-state index contributed by atoms with van der Waals surface area (Å²) >= 11 is 5.18. The first kappa shape index (κ1) is 16.0. The van der Waals surface area contributed by atoms with Crippen molar-refractivity contribution in [3.8, 4) is 5.75 Å². The zero-order chi connectivity index (χ0) is 16.1. The zero-order valence-corrected chi connectivity index (χ0v) is 13.6. The van der Waals surface area contributed by atoms with Gasteiger partial charge in [-0.05, 0) is 61.5 Å². The Balaban J connectivity index is 2.05. The number of hydrogen-bond donors (Lipinski definition) is 2. The maximum atomic E-state index is 12.2. The Morgan fingerprint density at radius 3 is 2.50 bits per heavy atom. The highest BCUT2D eigenvalue weighted by Crippen LogP contribution is 2.22. The number of carbonyl (C=O) groups is 1. The number of para-hydroxylation sites is 2. The molecule has 0 unspecified atom stereocenters. The minimum atomic E-state index is -0.240. The van der Waals surface area contributed by atoms with Gasteiger partial charge in [0.1, 0.15) is 5.75 Å². The summed E-state index contributed by atoms with van der Waals surface area (Å²) < 4.78 is 5.23. The van der Waals surface area contributed by atoms with Crippen molar-refractivity contribution in [2.24, 2.45) is 0 Å². The van der Waals surface area contributed by atoms with Crippen molar-refractivity contribution in [1.29, 1.82) is 0 Å². The molecule has 114 valence electrons. The molecule has 0 aliphatic heterocycles. The maximum Gasteiger partial charge on any atom is 0.257 e. The van der Waals surface area contributed by atoms with Crippen molar-refractivity contribution in [3.63, 3.8) is 0 Å². The van der Waals surface area contributed by atoms with Gasteiger partial charge in [0.15, 0.2) is 5.11 Å². The Hall–Kier alpha value is -2.40. The first-order valence-corrected chi connectivity index (χ1v) is 7.24. The van der Waals surface area contributed by atoms with Gasteiger partial charge in [-0.1, -0.05) is 18.2 Å². The Labute approximate surface area is 135 Å². The molecule has 0 heterocycles. The van der Waals surface area contributed by atoms with Gasteiger partial charge in [0.2, 0.25) is 0 Å². The predicted molar refractivity (Wildman–Crippen MR) is 92.6 cm³/mol. The largest absolute Gasteiger partial charge is 0.495 e. The van der Waals surface area contributed by atoms with E-state index in [0.29, 0.717) is 17.0 Å². The zero-order valence-electron chi connectivity index (χ0n) is 12.8. The third-order valence-corrected chi connectivity index (χ3v) is 3.56. The highest BCUT2D eigenvalue weighted by Gasteiger charge is 2.10. The number of ether oxygens (including phenoxy) is 1. The van der Waals surface area contributed by atoms with Crippen LogP contribution in [0.4, 0.5) is 5.69 Å². The first-order valence-electron chi connectivity index (χ1n) is 6.84. The van der Waals surface area contributed by atoms with Gasteiger partial charge in [0, 0.05) is 5.56 Å². The van der Waals surface area contributed by atoms with Crippen LogP contribution in [0.5, 0.6) is 5.75 Å². The van der Waals surface area contributed by atoms with Gasteiger partial charge < -0.3 is 10.1 Å². The van der Waals surface area contributed by atoms with E-state index in [-0.39, 0.29) is 11.0 Å². The fourth-order valence-corrected chi connectivity index (χ4v) is 2.16. The Morgan fingerprint density at radius 1 is 1.09 bits per heavy atom. The van der Waals surface area contributed by atoms with Gasteiger partial charge in [0.05, 0.1) is 12.8 Å². The number of benzene rings is 2. The van der Waals surface area contributed by atoms with Crippen molar-refractivity contribution < 1.29 is 9.53 Å². The summed E-state index contributed by atoms with van der Waals surface area (Å²) in [6, 6.07) is 12.9. The number of aryl methyl sites for hydroxylation is 2. The molecule has 0 aliphatic rings. The minimum Gasteiger partial charge on any atom is -0.495 e. The normalized spacial score (nSPS) is 9.95. The Morgan fingerprint density at radius 2 is 1.82 bits per heavy atom. The quantitative estimate of drug-likeness (QED) is 0.852. The fraction of sp³-hybridized carbons (Fsp3) is 0.176. The number of thiocarbonyl (C=S) groups is 1. The standard InChI is InChI=1S/C17H18N2O2S/c1-11-8-9-13(10-12(11)2)16(20)19-17(22)18-14-6-4-5-7-15(14)21-3/h4-10H,1-3H3,(H2,18,19,20,22). The number of nitrogens with one attached hydrogen (secondary N) is 2. The molecule has 0 bridgehead atoms. The van der Waals surface area contributed by atoms with Crippen LogP contribution in [-0.2, 0) is 0 Å². The second kappa shape index (κ2) is 7.04. The smallest absolute Gasteiger partial charge is 0.257 e. The first-order chi connectivity index (χ1) is 10.5. The SMILES string of the molecule is COc1ccccc1NC(=S)NC(=O)c1ccc(C)c(C)c1. The summed E-state index contributed by atoms with van der Waals surface area (Å²) in [6.45, 7) is 3.97.